The molecule has 0 fully saturated rings. The van der Waals surface area contributed by atoms with Crippen LogP contribution in [0.1, 0.15) is 5.56 Å². The Balaban J connectivity index is 3.14. The third-order valence-corrected chi connectivity index (χ3v) is 1.81. The van der Waals surface area contributed by atoms with Gasteiger partial charge in [-0.1, -0.05) is 12.1 Å². The fourth-order valence-electron chi connectivity index (χ4n) is 0.671. The van der Waals surface area contributed by atoms with Crippen LogP contribution in [0.25, 0.3) is 0 Å². The highest BCUT2D eigenvalue weighted by molar-refractivity contribution is 9.10. The molecule has 1 nitrogen and oxygen atoms in total. The van der Waals surface area contributed by atoms with Crippen LogP contribution in [0.2, 0.25) is 0 Å². The van der Waals surface area contributed by atoms with Gasteiger partial charge in [0.2, 0.25) is 0 Å². The first-order valence-electron chi connectivity index (χ1n) is 2.79. The van der Waals surface area contributed by atoms with Crippen molar-refractivity contribution in [1.82, 2.24) is 0 Å². The molecule has 0 saturated heterocycles. The number of hydrogen-bond donors (Lipinski definition) is 1. The van der Waals surface area contributed by atoms with Gasteiger partial charge in [-0.2, -0.15) is 0 Å². The van der Waals surface area contributed by atoms with Crippen molar-refractivity contribution in [3.05, 3.63) is 34.1 Å². The average molecular weight is 205 g/mol. The maximum absolute atomic E-state index is 12.8. The van der Waals surface area contributed by atoms with E-state index in [2.05, 4.69) is 15.9 Å². The second kappa shape index (κ2) is 3.12. The summed E-state index contributed by atoms with van der Waals surface area (Å²) in [7, 11) is 0. The van der Waals surface area contributed by atoms with Gasteiger partial charge in [0, 0.05) is 5.56 Å². The lowest BCUT2D eigenvalue weighted by molar-refractivity contribution is 0.275. The van der Waals surface area contributed by atoms with Crippen LogP contribution in [0.5, 0.6) is 0 Å². The first kappa shape index (κ1) is 7.69. The van der Waals surface area contributed by atoms with Crippen LogP contribution < -0.4 is 0 Å². The second-order valence-electron chi connectivity index (χ2n) is 1.87. The Bertz CT molecular complexity index is 237. The number of benzene rings is 1. The predicted molar refractivity (Wildman–Crippen MR) is 40.0 cm³/mol. The Hall–Kier alpha value is -0.410. The van der Waals surface area contributed by atoms with Gasteiger partial charge in [0.25, 0.3) is 0 Å². The Kier molecular flexibility index (Phi) is 2.40. The summed E-state index contributed by atoms with van der Waals surface area (Å²) in [5, 5.41) is 8.58. The molecule has 1 rings (SSSR count). The van der Waals surface area contributed by atoms with E-state index < -0.39 is 0 Å². The van der Waals surface area contributed by atoms with Crippen molar-refractivity contribution in [2.75, 3.05) is 0 Å². The molecule has 0 unspecified atom stereocenters. The van der Waals surface area contributed by atoms with Gasteiger partial charge in [0.1, 0.15) is 5.82 Å². The summed E-state index contributed by atoms with van der Waals surface area (Å²) in [6.45, 7) is -0.259. The molecular formula is C7H6BrFO. The number of halogens is 2. The van der Waals surface area contributed by atoms with E-state index in [0.717, 1.165) is 0 Å². The Morgan fingerprint density at radius 3 is 2.70 bits per heavy atom. The van der Waals surface area contributed by atoms with E-state index in [0.29, 0.717) is 10.0 Å². The van der Waals surface area contributed by atoms with Crippen LogP contribution in [0.15, 0.2) is 22.7 Å². The van der Waals surface area contributed by atoms with Gasteiger partial charge in [-0.25, -0.2) is 4.39 Å². The lowest BCUT2D eigenvalue weighted by Gasteiger charge is -1.98. The largest absolute Gasteiger partial charge is 0.392 e. The third-order valence-electron chi connectivity index (χ3n) is 1.20. The molecule has 3 heteroatoms. The molecule has 10 heavy (non-hydrogen) atoms. The van der Waals surface area contributed by atoms with Crippen LogP contribution in [0, 0.1) is 5.82 Å². The van der Waals surface area contributed by atoms with E-state index in [4.69, 9.17) is 5.11 Å². The molecule has 0 aliphatic rings. The van der Waals surface area contributed by atoms with Crippen molar-refractivity contribution in [2.24, 2.45) is 0 Å². The summed E-state index contributed by atoms with van der Waals surface area (Å²) in [5.74, 6) is -0.384. The van der Waals surface area contributed by atoms with Gasteiger partial charge in [-0.05, 0) is 22.0 Å². The lowest BCUT2D eigenvalue weighted by Crippen LogP contribution is -1.89. The van der Waals surface area contributed by atoms with Crippen molar-refractivity contribution in [1.29, 1.82) is 0 Å². The molecule has 1 aromatic rings. The summed E-state index contributed by atoms with van der Waals surface area (Å²) in [6, 6.07) is 4.81. The third kappa shape index (κ3) is 1.36. The van der Waals surface area contributed by atoms with Gasteiger partial charge in [0.15, 0.2) is 0 Å². The predicted octanol–water partition coefficient (Wildman–Crippen LogP) is 2.08. The zero-order valence-electron chi connectivity index (χ0n) is 5.14. The summed E-state index contributed by atoms with van der Waals surface area (Å²) >= 11 is 3.00. The Morgan fingerprint density at radius 2 is 2.20 bits per heavy atom. The topological polar surface area (TPSA) is 20.2 Å². The summed E-state index contributed by atoms with van der Waals surface area (Å²) in [4.78, 5) is 0. The molecule has 54 valence electrons. The number of aliphatic hydroxyl groups excluding tert-OH is 1. The molecule has 0 radical (unpaired) electrons. The zero-order chi connectivity index (χ0) is 7.56. The minimum Gasteiger partial charge on any atom is -0.392 e. The summed E-state index contributed by atoms with van der Waals surface area (Å²) < 4.78 is 13.2. The Morgan fingerprint density at radius 1 is 1.50 bits per heavy atom. The zero-order valence-corrected chi connectivity index (χ0v) is 6.73. The number of rotatable bonds is 1. The van der Waals surface area contributed by atoms with Gasteiger partial charge in [-0.15, -0.1) is 0 Å². The van der Waals surface area contributed by atoms with Gasteiger partial charge in [-0.3, -0.25) is 0 Å². The standard InChI is InChI=1S/C7H6BrFO/c8-6-3-1-2-5(4-10)7(6)9/h1-3,10H,4H2/i9+0. The highest BCUT2D eigenvalue weighted by Crippen LogP contribution is 2.17. The molecule has 0 bridgehead atoms. The first-order valence-corrected chi connectivity index (χ1v) is 3.58. The van der Waals surface area contributed by atoms with Crippen molar-refractivity contribution in [2.45, 2.75) is 6.61 Å². The van der Waals surface area contributed by atoms with Crippen LogP contribution in [-0.4, -0.2) is 5.11 Å². The van der Waals surface area contributed by atoms with Crippen LogP contribution in [0.4, 0.5) is 4.39 Å². The van der Waals surface area contributed by atoms with Crippen molar-refractivity contribution < 1.29 is 9.50 Å². The molecule has 0 spiro atoms. The van der Waals surface area contributed by atoms with Crippen molar-refractivity contribution in [3.8, 4) is 0 Å². The molecule has 1 N–H and O–H groups in total. The minimum atomic E-state index is -0.384. The highest BCUT2D eigenvalue weighted by atomic mass is 79.9. The lowest BCUT2D eigenvalue weighted by atomic mass is 10.2. The summed E-state index contributed by atoms with van der Waals surface area (Å²) in [6.07, 6.45) is 0. The monoisotopic (exact) mass is 204 g/mol. The molecule has 0 aliphatic heterocycles. The molecule has 0 aromatic heterocycles. The number of hydrogen-bond acceptors (Lipinski definition) is 1. The maximum atomic E-state index is 12.8. The molecule has 0 saturated carbocycles. The quantitative estimate of drug-likeness (QED) is 0.744. The van der Waals surface area contributed by atoms with E-state index in [-0.39, 0.29) is 12.4 Å². The molecular weight excluding hydrogens is 199 g/mol. The van der Waals surface area contributed by atoms with E-state index in [1.165, 1.54) is 0 Å². The van der Waals surface area contributed by atoms with Crippen LogP contribution in [0.3, 0.4) is 0 Å². The maximum Gasteiger partial charge on any atom is 0.142 e. The van der Waals surface area contributed by atoms with Crippen LogP contribution in [-0.2, 0) is 6.61 Å². The Labute approximate surface area is 66.6 Å². The minimum absolute atomic E-state index is 0.259. The van der Waals surface area contributed by atoms with E-state index in [1.54, 1.807) is 18.2 Å². The van der Waals surface area contributed by atoms with Gasteiger partial charge < -0.3 is 5.11 Å². The summed E-state index contributed by atoms with van der Waals surface area (Å²) in [5.41, 5.74) is 0.314. The fraction of sp³-hybridized carbons (Fsp3) is 0.143. The normalized spacial score (nSPS) is 9.90. The number of aliphatic hydroxyl groups is 1. The smallest absolute Gasteiger partial charge is 0.142 e. The molecule has 0 amide bonds. The van der Waals surface area contributed by atoms with E-state index in [9.17, 15) is 4.39 Å². The molecule has 0 atom stereocenters. The molecule has 0 heterocycles. The van der Waals surface area contributed by atoms with Gasteiger partial charge in [0.05, 0.1) is 11.1 Å². The van der Waals surface area contributed by atoms with Crippen molar-refractivity contribution >= 4 is 15.9 Å². The molecule has 1 aromatic carbocycles. The van der Waals surface area contributed by atoms with Crippen molar-refractivity contribution in [3.63, 3.8) is 0 Å². The van der Waals surface area contributed by atoms with Crippen LogP contribution >= 0.6 is 15.9 Å². The fourth-order valence-corrected chi connectivity index (χ4v) is 1.08. The SMILES string of the molecule is OCc1cccc(Br)c1[19F]. The first-order chi connectivity index (χ1) is 4.75. The second-order valence-corrected chi connectivity index (χ2v) is 2.73. The highest BCUT2D eigenvalue weighted by Gasteiger charge is 2.02. The molecule has 0 aliphatic carbocycles. The van der Waals surface area contributed by atoms with E-state index in [1.807, 2.05) is 0 Å². The van der Waals surface area contributed by atoms with Gasteiger partial charge >= 0.3 is 0 Å². The van der Waals surface area contributed by atoms with E-state index >= 15 is 0 Å². The average Bonchev–Trinajstić information content (AvgIpc) is 1.95.